The van der Waals surface area contributed by atoms with Crippen molar-refractivity contribution in [2.24, 2.45) is 7.05 Å². The summed E-state index contributed by atoms with van der Waals surface area (Å²) in [7, 11) is 1.73. The van der Waals surface area contributed by atoms with E-state index in [1.807, 2.05) is 18.2 Å². The molecule has 0 N–H and O–H groups in total. The lowest BCUT2D eigenvalue weighted by molar-refractivity contribution is 0.614. The summed E-state index contributed by atoms with van der Waals surface area (Å²) in [4.78, 5) is 16.9. The van der Waals surface area contributed by atoms with Gasteiger partial charge in [-0.05, 0) is 22.6 Å². The first-order valence-corrected chi connectivity index (χ1v) is 7.64. The highest BCUT2D eigenvalue weighted by Crippen LogP contribution is 2.19. The SMILES string of the molecule is C=CCn1nnnc1SCc1nc2ccccc2c(=O)n1C. The van der Waals surface area contributed by atoms with Crippen molar-refractivity contribution in [2.75, 3.05) is 0 Å². The Bertz CT molecular complexity index is 884. The van der Waals surface area contributed by atoms with Crippen LogP contribution < -0.4 is 5.56 Å². The molecule has 8 heteroatoms. The third kappa shape index (κ3) is 2.64. The Kier molecular flexibility index (Phi) is 4.01. The summed E-state index contributed by atoms with van der Waals surface area (Å²) in [6, 6.07) is 7.33. The molecule has 7 nitrogen and oxygen atoms in total. The van der Waals surface area contributed by atoms with Crippen molar-refractivity contribution in [3.8, 4) is 0 Å². The molecule has 0 aliphatic heterocycles. The van der Waals surface area contributed by atoms with Gasteiger partial charge in [0.05, 0.1) is 23.2 Å². The van der Waals surface area contributed by atoms with Gasteiger partial charge in [0.1, 0.15) is 5.82 Å². The molecule has 0 radical (unpaired) electrons. The number of hydrogen-bond donors (Lipinski definition) is 0. The Balaban J connectivity index is 1.91. The molecule has 0 amide bonds. The lowest BCUT2D eigenvalue weighted by Gasteiger charge is -2.08. The van der Waals surface area contributed by atoms with E-state index in [0.717, 1.165) is 0 Å². The predicted molar refractivity (Wildman–Crippen MR) is 84.6 cm³/mol. The van der Waals surface area contributed by atoms with Crippen molar-refractivity contribution >= 4 is 22.7 Å². The summed E-state index contributed by atoms with van der Waals surface area (Å²) >= 11 is 1.44. The fraction of sp³-hybridized carbons (Fsp3) is 0.214. The minimum Gasteiger partial charge on any atom is -0.299 e. The lowest BCUT2D eigenvalue weighted by atomic mass is 10.2. The van der Waals surface area contributed by atoms with Crippen molar-refractivity contribution in [3.05, 3.63) is 53.1 Å². The normalized spacial score (nSPS) is 11.0. The molecule has 0 unspecified atom stereocenters. The summed E-state index contributed by atoms with van der Waals surface area (Å²) in [5.74, 6) is 1.19. The number of nitrogens with zero attached hydrogens (tertiary/aromatic N) is 6. The van der Waals surface area contributed by atoms with Gasteiger partial charge in [-0.3, -0.25) is 9.36 Å². The van der Waals surface area contributed by atoms with Crippen LogP contribution in [0.25, 0.3) is 10.9 Å². The molecule has 2 heterocycles. The molecule has 0 saturated carbocycles. The van der Waals surface area contributed by atoms with E-state index in [1.165, 1.54) is 11.8 Å². The molecule has 3 aromatic rings. The average molecular weight is 314 g/mol. The van der Waals surface area contributed by atoms with Crippen molar-refractivity contribution in [2.45, 2.75) is 17.5 Å². The van der Waals surface area contributed by atoms with Gasteiger partial charge in [0.2, 0.25) is 5.16 Å². The molecule has 0 bridgehead atoms. The van der Waals surface area contributed by atoms with Crippen molar-refractivity contribution < 1.29 is 0 Å². The summed E-state index contributed by atoms with van der Waals surface area (Å²) in [6.07, 6.45) is 1.73. The molecule has 0 fully saturated rings. The van der Waals surface area contributed by atoms with Crippen molar-refractivity contribution in [3.63, 3.8) is 0 Å². The van der Waals surface area contributed by atoms with E-state index in [1.54, 1.807) is 28.4 Å². The molecular weight excluding hydrogens is 300 g/mol. The second kappa shape index (κ2) is 6.10. The van der Waals surface area contributed by atoms with Crippen LogP contribution in [0.4, 0.5) is 0 Å². The highest BCUT2D eigenvalue weighted by atomic mass is 32.2. The maximum atomic E-state index is 12.3. The summed E-state index contributed by atoms with van der Waals surface area (Å²) in [6.45, 7) is 4.21. The third-order valence-corrected chi connectivity index (χ3v) is 4.16. The molecule has 0 aliphatic carbocycles. The largest absolute Gasteiger partial charge is 0.299 e. The van der Waals surface area contributed by atoms with Crippen LogP contribution in [-0.4, -0.2) is 29.8 Å². The topological polar surface area (TPSA) is 78.5 Å². The van der Waals surface area contributed by atoms with Crippen molar-refractivity contribution in [1.82, 2.24) is 29.8 Å². The Morgan fingerprint density at radius 3 is 3.00 bits per heavy atom. The number of aromatic nitrogens is 6. The number of thioether (sulfide) groups is 1. The van der Waals surface area contributed by atoms with Crippen LogP contribution in [0.15, 0.2) is 46.9 Å². The molecule has 0 atom stereocenters. The molecule has 0 saturated heterocycles. The van der Waals surface area contributed by atoms with E-state index in [9.17, 15) is 4.79 Å². The first-order valence-electron chi connectivity index (χ1n) is 6.65. The monoisotopic (exact) mass is 314 g/mol. The van der Waals surface area contributed by atoms with Crippen LogP contribution in [0.2, 0.25) is 0 Å². The van der Waals surface area contributed by atoms with Gasteiger partial charge >= 0.3 is 0 Å². The summed E-state index contributed by atoms with van der Waals surface area (Å²) in [5, 5.41) is 12.8. The number of tetrazole rings is 1. The Hall–Kier alpha value is -2.48. The molecule has 3 rings (SSSR count). The first kappa shape index (κ1) is 14.5. The number of para-hydroxylation sites is 1. The zero-order valence-electron chi connectivity index (χ0n) is 12.0. The van der Waals surface area contributed by atoms with E-state index in [4.69, 9.17) is 0 Å². The third-order valence-electron chi connectivity index (χ3n) is 3.21. The predicted octanol–water partition coefficient (Wildman–Crippen LogP) is 1.40. The number of rotatable bonds is 5. The van der Waals surface area contributed by atoms with Gasteiger partial charge in [-0.25, -0.2) is 9.67 Å². The number of benzene rings is 1. The Labute approximate surface area is 130 Å². The van der Waals surface area contributed by atoms with E-state index >= 15 is 0 Å². The quantitative estimate of drug-likeness (QED) is 0.523. The van der Waals surface area contributed by atoms with E-state index < -0.39 is 0 Å². The molecular formula is C14H14N6OS. The standard InChI is InChI=1S/C14H14N6OS/c1-3-8-20-14(16-17-18-20)22-9-12-15-11-7-5-4-6-10(11)13(21)19(12)2/h3-7H,1,8-9H2,2H3. The smallest absolute Gasteiger partial charge is 0.261 e. The van der Waals surface area contributed by atoms with Gasteiger partial charge < -0.3 is 0 Å². The van der Waals surface area contributed by atoms with Gasteiger partial charge in [0.15, 0.2) is 0 Å². The minimum absolute atomic E-state index is 0.0492. The summed E-state index contributed by atoms with van der Waals surface area (Å²) in [5.41, 5.74) is 0.652. The first-order chi connectivity index (χ1) is 10.7. The number of fused-ring (bicyclic) bond motifs is 1. The minimum atomic E-state index is -0.0492. The van der Waals surface area contributed by atoms with Gasteiger partial charge in [-0.2, -0.15) is 0 Å². The highest BCUT2D eigenvalue weighted by molar-refractivity contribution is 7.98. The van der Waals surface area contributed by atoms with Crippen LogP contribution in [0.5, 0.6) is 0 Å². The lowest BCUT2D eigenvalue weighted by Crippen LogP contribution is -2.22. The second-order valence-corrected chi connectivity index (χ2v) is 5.57. The van der Waals surface area contributed by atoms with E-state index in [0.29, 0.717) is 34.2 Å². The molecule has 0 aliphatic rings. The fourth-order valence-electron chi connectivity index (χ4n) is 2.06. The zero-order chi connectivity index (χ0) is 15.5. The van der Waals surface area contributed by atoms with Gasteiger partial charge in [-0.15, -0.1) is 11.7 Å². The second-order valence-electron chi connectivity index (χ2n) is 4.63. The van der Waals surface area contributed by atoms with Gasteiger partial charge in [0, 0.05) is 7.05 Å². The molecule has 112 valence electrons. The van der Waals surface area contributed by atoms with E-state index in [2.05, 4.69) is 27.1 Å². The van der Waals surface area contributed by atoms with Gasteiger partial charge in [-0.1, -0.05) is 30.0 Å². The molecule has 22 heavy (non-hydrogen) atoms. The number of allylic oxidation sites excluding steroid dienone is 1. The molecule has 0 spiro atoms. The Morgan fingerprint density at radius 2 is 2.18 bits per heavy atom. The molecule has 2 aromatic heterocycles. The van der Waals surface area contributed by atoms with Crippen LogP contribution in [0.1, 0.15) is 5.82 Å². The van der Waals surface area contributed by atoms with Crippen molar-refractivity contribution in [1.29, 1.82) is 0 Å². The maximum absolute atomic E-state index is 12.3. The maximum Gasteiger partial charge on any atom is 0.261 e. The average Bonchev–Trinajstić information content (AvgIpc) is 2.97. The van der Waals surface area contributed by atoms with Gasteiger partial charge in [0.25, 0.3) is 5.56 Å². The van der Waals surface area contributed by atoms with Crippen LogP contribution in [0.3, 0.4) is 0 Å². The zero-order valence-corrected chi connectivity index (χ0v) is 12.8. The van der Waals surface area contributed by atoms with Crippen LogP contribution >= 0.6 is 11.8 Å². The molecule has 1 aromatic carbocycles. The highest BCUT2D eigenvalue weighted by Gasteiger charge is 2.11. The van der Waals surface area contributed by atoms with E-state index in [-0.39, 0.29) is 5.56 Å². The summed E-state index contributed by atoms with van der Waals surface area (Å²) < 4.78 is 3.22. The van der Waals surface area contributed by atoms with Crippen LogP contribution in [-0.2, 0) is 19.3 Å². The fourth-order valence-corrected chi connectivity index (χ4v) is 2.93. The Morgan fingerprint density at radius 1 is 1.36 bits per heavy atom. The van der Waals surface area contributed by atoms with Crippen LogP contribution in [0, 0.1) is 0 Å². The number of hydrogen-bond acceptors (Lipinski definition) is 6.